The number of methoxy groups -OCH3 is 1. The number of ether oxygens (including phenoxy) is 3. The van der Waals surface area contributed by atoms with Gasteiger partial charge in [-0.15, -0.1) is 0 Å². The average Bonchev–Trinajstić information content (AvgIpc) is 2.82. The summed E-state index contributed by atoms with van der Waals surface area (Å²) >= 11 is 0. The maximum absolute atomic E-state index is 12.9. The molecule has 4 rings (SSSR count). The fraction of sp³-hybridized carbons (Fsp3) is 0.231. The summed E-state index contributed by atoms with van der Waals surface area (Å²) < 4.78 is 16.5. The molecule has 0 bridgehead atoms. The lowest BCUT2D eigenvalue weighted by Crippen LogP contribution is -2.44. The second-order valence-electron chi connectivity index (χ2n) is 7.81. The first kappa shape index (κ1) is 22.2. The predicted molar refractivity (Wildman–Crippen MR) is 126 cm³/mol. The van der Waals surface area contributed by atoms with Crippen LogP contribution in [0, 0.1) is 6.92 Å². The first-order valence-electron chi connectivity index (χ1n) is 10.7. The van der Waals surface area contributed by atoms with E-state index >= 15 is 0 Å². The molecule has 0 saturated heterocycles. The fourth-order valence-corrected chi connectivity index (χ4v) is 3.64. The van der Waals surface area contributed by atoms with Crippen molar-refractivity contribution in [3.63, 3.8) is 0 Å². The van der Waals surface area contributed by atoms with Crippen molar-refractivity contribution in [2.24, 2.45) is 0 Å². The summed E-state index contributed by atoms with van der Waals surface area (Å²) in [7, 11) is 1.57. The Balaban J connectivity index is 1.49. The molecular formula is C26H26N2O5. The topological polar surface area (TPSA) is 77.1 Å². The van der Waals surface area contributed by atoms with Gasteiger partial charge < -0.3 is 24.4 Å². The molecule has 1 heterocycles. The Morgan fingerprint density at radius 3 is 2.64 bits per heavy atom. The quantitative estimate of drug-likeness (QED) is 0.584. The average molecular weight is 447 g/mol. The van der Waals surface area contributed by atoms with Crippen molar-refractivity contribution in [3.8, 4) is 17.2 Å². The van der Waals surface area contributed by atoms with E-state index in [9.17, 15) is 9.59 Å². The molecule has 7 nitrogen and oxygen atoms in total. The highest BCUT2D eigenvalue weighted by Crippen LogP contribution is 2.37. The van der Waals surface area contributed by atoms with E-state index in [1.165, 1.54) is 0 Å². The molecular weight excluding hydrogens is 420 g/mol. The normalized spacial score (nSPS) is 14.8. The highest BCUT2D eigenvalue weighted by molar-refractivity contribution is 6.01. The molecule has 33 heavy (non-hydrogen) atoms. The third-order valence-electron chi connectivity index (χ3n) is 5.45. The Hall–Kier alpha value is -4.00. The van der Waals surface area contributed by atoms with Crippen LogP contribution in [0.5, 0.6) is 17.2 Å². The molecule has 0 aliphatic carbocycles. The van der Waals surface area contributed by atoms with Crippen molar-refractivity contribution in [1.82, 2.24) is 0 Å². The molecule has 0 aromatic heterocycles. The molecule has 1 N–H and O–H groups in total. The van der Waals surface area contributed by atoms with Crippen LogP contribution in [0.1, 0.15) is 18.1 Å². The number of carbonyl (C=O) groups is 2. The number of benzene rings is 3. The number of fused-ring (bicyclic) bond motifs is 1. The second kappa shape index (κ2) is 9.65. The van der Waals surface area contributed by atoms with E-state index in [1.807, 2.05) is 31.2 Å². The fourth-order valence-electron chi connectivity index (χ4n) is 3.64. The molecule has 7 heteroatoms. The van der Waals surface area contributed by atoms with Gasteiger partial charge in [0.25, 0.3) is 11.8 Å². The first-order chi connectivity index (χ1) is 15.9. The van der Waals surface area contributed by atoms with E-state index < -0.39 is 6.10 Å². The number of amides is 2. The summed E-state index contributed by atoms with van der Waals surface area (Å²) in [5, 5.41) is 2.82. The Kier molecular flexibility index (Phi) is 6.49. The summed E-state index contributed by atoms with van der Waals surface area (Å²) in [6.07, 6.45) is -0.585. The molecule has 0 spiro atoms. The summed E-state index contributed by atoms with van der Waals surface area (Å²) in [5.41, 5.74) is 3.32. The van der Waals surface area contributed by atoms with Crippen LogP contribution in [-0.4, -0.2) is 31.6 Å². The third-order valence-corrected chi connectivity index (χ3v) is 5.45. The number of nitrogens with one attached hydrogen (secondary N) is 1. The summed E-state index contributed by atoms with van der Waals surface area (Å²) in [5.74, 6) is 1.33. The van der Waals surface area contributed by atoms with Crippen LogP contribution in [0.2, 0.25) is 0 Å². The van der Waals surface area contributed by atoms with Crippen LogP contribution >= 0.6 is 0 Å². The van der Waals surface area contributed by atoms with E-state index in [-0.39, 0.29) is 18.4 Å². The Bertz CT molecular complexity index is 1180. The van der Waals surface area contributed by atoms with Gasteiger partial charge in [-0.05, 0) is 55.3 Å². The van der Waals surface area contributed by atoms with Crippen LogP contribution in [0.3, 0.4) is 0 Å². The Labute approximate surface area is 192 Å². The van der Waals surface area contributed by atoms with E-state index in [4.69, 9.17) is 14.2 Å². The molecule has 0 radical (unpaired) electrons. The van der Waals surface area contributed by atoms with Crippen LogP contribution in [0.4, 0.5) is 11.4 Å². The van der Waals surface area contributed by atoms with Crippen LogP contribution in [0.15, 0.2) is 66.7 Å². The maximum atomic E-state index is 12.9. The number of carbonyl (C=O) groups excluding carboxylic acids is 2. The highest BCUT2D eigenvalue weighted by atomic mass is 16.5. The Morgan fingerprint density at radius 2 is 1.85 bits per heavy atom. The molecule has 3 aromatic rings. The number of nitrogens with zero attached hydrogens (tertiary/aromatic N) is 1. The van der Waals surface area contributed by atoms with Gasteiger partial charge >= 0.3 is 0 Å². The zero-order valence-corrected chi connectivity index (χ0v) is 18.8. The summed E-state index contributed by atoms with van der Waals surface area (Å²) in [6.45, 7) is 4.01. The van der Waals surface area contributed by atoms with Gasteiger partial charge in [-0.3, -0.25) is 9.59 Å². The largest absolute Gasteiger partial charge is 0.497 e. The number of anilines is 2. The van der Waals surface area contributed by atoms with Crippen molar-refractivity contribution in [3.05, 3.63) is 77.9 Å². The molecule has 2 amide bonds. The molecule has 1 aliphatic rings. The van der Waals surface area contributed by atoms with Crippen molar-refractivity contribution in [2.75, 3.05) is 23.9 Å². The molecule has 0 saturated carbocycles. The third kappa shape index (κ3) is 5.09. The van der Waals surface area contributed by atoms with Gasteiger partial charge in [0, 0.05) is 11.8 Å². The van der Waals surface area contributed by atoms with Crippen molar-refractivity contribution in [2.45, 2.75) is 26.5 Å². The lowest BCUT2D eigenvalue weighted by atomic mass is 10.1. The smallest absolute Gasteiger partial charge is 0.268 e. The number of aryl methyl sites for hydroxylation is 1. The van der Waals surface area contributed by atoms with Crippen LogP contribution in [0.25, 0.3) is 0 Å². The molecule has 0 fully saturated rings. The molecule has 1 atom stereocenters. The van der Waals surface area contributed by atoms with Gasteiger partial charge in [0.2, 0.25) is 0 Å². The van der Waals surface area contributed by atoms with E-state index in [0.717, 1.165) is 11.1 Å². The molecule has 3 aromatic carbocycles. The van der Waals surface area contributed by atoms with E-state index in [1.54, 1.807) is 61.4 Å². The maximum Gasteiger partial charge on any atom is 0.268 e. The number of rotatable bonds is 7. The zero-order valence-electron chi connectivity index (χ0n) is 18.8. The minimum absolute atomic E-state index is 0.129. The molecule has 170 valence electrons. The van der Waals surface area contributed by atoms with E-state index in [2.05, 4.69) is 5.32 Å². The predicted octanol–water partition coefficient (Wildman–Crippen LogP) is 4.34. The monoisotopic (exact) mass is 446 g/mol. The standard InChI is InChI=1S/C26H26N2O5/c1-17-7-4-5-8-19(17)15-28-23-13-20(11-12-24(23)33-18(2)26(28)30)27-25(29)16-32-22-10-6-9-21(14-22)31-3/h4-14,18H,15-16H2,1-3H3,(H,27,29). The Morgan fingerprint density at radius 1 is 1.06 bits per heavy atom. The molecule has 1 aliphatic heterocycles. The minimum atomic E-state index is -0.585. The van der Waals surface area contributed by atoms with Crippen molar-refractivity contribution >= 4 is 23.2 Å². The van der Waals surface area contributed by atoms with Gasteiger partial charge in [0.15, 0.2) is 12.7 Å². The van der Waals surface area contributed by atoms with Crippen molar-refractivity contribution < 1.29 is 23.8 Å². The highest BCUT2D eigenvalue weighted by Gasteiger charge is 2.32. The summed E-state index contributed by atoms with van der Waals surface area (Å²) in [4.78, 5) is 27.1. The lowest BCUT2D eigenvalue weighted by molar-refractivity contribution is -0.125. The summed E-state index contributed by atoms with van der Waals surface area (Å²) in [6, 6.07) is 20.3. The number of hydrogen-bond donors (Lipinski definition) is 1. The van der Waals surface area contributed by atoms with E-state index in [0.29, 0.717) is 35.2 Å². The van der Waals surface area contributed by atoms with Gasteiger partial charge in [0.1, 0.15) is 17.2 Å². The molecule has 1 unspecified atom stereocenters. The van der Waals surface area contributed by atoms with Gasteiger partial charge in [-0.2, -0.15) is 0 Å². The van der Waals surface area contributed by atoms with Gasteiger partial charge in [0.05, 0.1) is 19.3 Å². The zero-order chi connectivity index (χ0) is 23.4. The van der Waals surface area contributed by atoms with Gasteiger partial charge in [-0.25, -0.2) is 0 Å². The lowest BCUT2D eigenvalue weighted by Gasteiger charge is -2.33. The van der Waals surface area contributed by atoms with Crippen LogP contribution < -0.4 is 24.4 Å². The van der Waals surface area contributed by atoms with Crippen LogP contribution in [-0.2, 0) is 16.1 Å². The SMILES string of the molecule is COc1cccc(OCC(=O)Nc2ccc3c(c2)N(Cc2ccccc2C)C(=O)C(C)O3)c1. The van der Waals surface area contributed by atoms with Crippen molar-refractivity contribution in [1.29, 1.82) is 0 Å². The van der Waals surface area contributed by atoms with Gasteiger partial charge in [-0.1, -0.05) is 30.3 Å². The first-order valence-corrected chi connectivity index (χ1v) is 10.7. The second-order valence-corrected chi connectivity index (χ2v) is 7.81. The number of hydrogen-bond acceptors (Lipinski definition) is 5. The minimum Gasteiger partial charge on any atom is -0.497 e.